The molecule has 0 saturated carbocycles. The van der Waals surface area contributed by atoms with Crippen LogP contribution in [0, 0.1) is 0 Å². The molecule has 0 bridgehead atoms. The summed E-state index contributed by atoms with van der Waals surface area (Å²) in [6.07, 6.45) is 68.0. The Bertz CT molecular complexity index is 1290. The van der Waals surface area contributed by atoms with Crippen molar-refractivity contribution in [2.24, 2.45) is 0 Å². The number of unbranched alkanes of at least 4 members (excludes halogenated alkanes) is 44. The summed E-state index contributed by atoms with van der Waals surface area (Å²) in [5, 5.41) is 54.7. The molecule has 1 saturated heterocycles. The van der Waals surface area contributed by atoms with E-state index < -0.39 is 49.5 Å². The minimum Gasteiger partial charge on any atom is -0.394 e. The number of ether oxygens (including phenoxy) is 2. The highest BCUT2D eigenvalue weighted by Gasteiger charge is 2.44. The van der Waals surface area contributed by atoms with Crippen LogP contribution < -0.4 is 5.32 Å². The van der Waals surface area contributed by atoms with Gasteiger partial charge in [0.2, 0.25) is 5.91 Å². The van der Waals surface area contributed by atoms with Gasteiger partial charge in [-0.2, -0.15) is 0 Å². The number of nitrogens with one attached hydrogen (secondary N) is 1. The summed E-state index contributed by atoms with van der Waals surface area (Å²) in [5.41, 5.74) is 0. The zero-order valence-corrected chi connectivity index (χ0v) is 50.0. The Morgan fingerprint density at radius 3 is 1.13 bits per heavy atom. The number of carbonyl (C=O) groups is 1. The van der Waals surface area contributed by atoms with Crippen molar-refractivity contribution in [1.82, 2.24) is 5.32 Å². The van der Waals surface area contributed by atoms with E-state index in [0.29, 0.717) is 6.42 Å². The van der Waals surface area contributed by atoms with Gasteiger partial charge in [-0.25, -0.2) is 0 Å². The topological polar surface area (TPSA) is 149 Å². The van der Waals surface area contributed by atoms with E-state index in [1.165, 1.54) is 263 Å². The van der Waals surface area contributed by atoms with Crippen LogP contribution in [0.4, 0.5) is 0 Å². The Balaban J connectivity index is 2.16. The molecule has 0 aromatic carbocycles. The van der Waals surface area contributed by atoms with Crippen molar-refractivity contribution in [2.75, 3.05) is 13.2 Å². The zero-order chi connectivity index (χ0) is 55.0. The summed E-state index contributed by atoms with van der Waals surface area (Å²) in [6.45, 7) is 3.82. The first-order chi connectivity index (χ1) is 37.3. The third-order valence-corrected chi connectivity index (χ3v) is 16.0. The molecule has 76 heavy (non-hydrogen) atoms. The lowest BCUT2D eigenvalue weighted by Crippen LogP contribution is -2.60. The van der Waals surface area contributed by atoms with Crippen LogP contribution >= 0.6 is 0 Å². The van der Waals surface area contributed by atoms with Gasteiger partial charge >= 0.3 is 0 Å². The molecule has 0 radical (unpaired) electrons. The van der Waals surface area contributed by atoms with Crippen molar-refractivity contribution in [3.8, 4) is 0 Å². The first-order valence-electron chi connectivity index (χ1n) is 33.2. The smallest absolute Gasteiger partial charge is 0.220 e. The largest absolute Gasteiger partial charge is 0.394 e. The second-order valence-corrected chi connectivity index (χ2v) is 23.3. The van der Waals surface area contributed by atoms with E-state index in [1.54, 1.807) is 6.08 Å². The normalized spacial score (nSPS) is 19.0. The number of rotatable bonds is 58. The quantitative estimate of drug-likeness (QED) is 0.0261. The Kier molecular flexibility index (Phi) is 54.0. The molecule has 9 nitrogen and oxygen atoms in total. The molecule has 1 aliphatic rings. The van der Waals surface area contributed by atoms with Gasteiger partial charge in [0.1, 0.15) is 24.4 Å². The number of hydrogen-bond acceptors (Lipinski definition) is 8. The molecule has 1 fully saturated rings. The van der Waals surface area contributed by atoms with E-state index in [1.807, 2.05) is 6.08 Å². The van der Waals surface area contributed by atoms with Crippen molar-refractivity contribution in [2.45, 2.75) is 371 Å². The maximum Gasteiger partial charge on any atom is 0.220 e. The molecule has 448 valence electrons. The number of carbonyl (C=O) groups excluding carboxylic acids is 1. The predicted octanol–water partition coefficient (Wildman–Crippen LogP) is 17.5. The third-order valence-electron chi connectivity index (χ3n) is 16.0. The molecule has 1 amide bonds. The molecule has 1 heterocycles. The number of amides is 1. The number of hydrogen-bond donors (Lipinski definition) is 6. The molecule has 0 spiro atoms. The Morgan fingerprint density at radius 1 is 0.447 bits per heavy atom. The van der Waals surface area contributed by atoms with Gasteiger partial charge in [0.15, 0.2) is 6.29 Å². The van der Waals surface area contributed by atoms with Crippen LogP contribution in [0.2, 0.25) is 0 Å². The summed E-state index contributed by atoms with van der Waals surface area (Å²) in [5.74, 6) is -0.172. The van der Waals surface area contributed by atoms with Crippen LogP contribution in [0.15, 0.2) is 36.5 Å². The van der Waals surface area contributed by atoms with Gasteiger partial charge in [-0.15, -0.1) is 0 Å². The molecular formula is C67H127NO8. The van der Waals surface area contributed by atoms with Crippen molar-refractivity contribution in [3.05, 3.63) is 36.5 Å². The van der Waals surface area contributed by atoms with Crippen LogP contribution in [0.3, 0.4) is 0 Å². The number of aliphatic hydroxyl groups excluding tert-OH is 5. The monoisotopic (exact) mass is 1070 g/mol. The molecule has 6 N–H and O–H groups in total. The SMILES string of the molecule is CCCCCCC/C=C\C/C=C\CCCCCCCCCCCCCCCCCC(=O)NC(COC1OC(CO)C(O)C(O)C1O)C(O)/C=C/CCCCCCCCCCCCCCCCCCCCCCCCCC. The lowest BCUT2D eigenvalue weighted by molar-refractivity contribution is -0.302. The second kappa shape index (κ2) is 56.7. The van der Waals surface area contributed by atoms with Gasteiger partial charge in [0.05, 0.1) is 25.4 Å². The summed E-state index contributed by atoms with van der Waals surface area (Å²) in [4.78, 5) is 13.1. The van der Waals surface area contributed by atoms with Crippen molar-refractivity contribution in [1.29, 1.82) is 0 Å². The van der Waals surface area contributed by atoms with Gasteiger partial charge < -0.3 is 40.3 Å². The van der Waals surface area contributed by atoms with Gasteiger partial charge in [-0.3, -0.25) is 4.79 Å². The van der Waals surface area contributed by atoms with Gasteiger partial charge in [0, 0.05) is 6.42 Å². The minimum atomic E-state index is -1.57. The zero-order valence-electron chi connectivity index (χ0n) is 50.0. The standard InChI is InChI=1S/C67H127NO8/c1-3-5-7-9-11-13-15-17-19-21-23-25-27-29-31-33-35-37-39-41-43-45-47-49-51-53-55-57-63(71)68-60(59-75-67-66(74)65(73)64(72)62(58-69)76-67)61(70)56-54-52-50-48-46-44-42-40-38-36-34-32-30-28-26-24-22-20-18-16-14-12-10-8-6-4-2/h15,17,21,23,54,56,60-62,64-67,69-70,72-74H,3-14,16,18-20,22,24-53,55,57-59H2,1-2H3,(H,68,71)/b17-15-,23-21-,56-54+. The summed E-state index contributed by atoms with van der Waals surface area (Å²) in [7, 11) is 0. The molecule has 7 unspecified atom stereocenters. The van der Waals surface area contributed by atoms with Gasteiger partial charge in [-0.1, -0.05) is 307 Å². The lowest BCUT2D eigenvalue weighted by Gasteiger charge is -2.40. The van der Waals surface area contributed by atoms with E-state index >= 15 is 0 Å². The molecule has 1 aliphatic heterocycles. The highest BCUT2D eigenvalue weighted by Crippen LogP contribution is 2.23. The Morgan fingerprint density at radius 2 is 0.776 bits per heavy atom. The van der Waals surface area contributed by atoms with Crippen LogP contribution in [-0.4, -0.2) is 87.5 Å². The van der Waals surface area contributed by atoms with Crippen LogP contribution in [-0.2, 0) is 14.3 Å². The molecule has 0 aliphatic carbocycles. The third kappa shape index (κ3) is 45.2. The van der Waals surface area contributed by atoms with E-state index in [2.05, 4.69) is 43.5 Å². The van der Waals surface area contributed by atoms with Crippen LogP contribution in [0.25, 0.3) is 0 Å². The average molecular weight is 1070 g/mol. The predicted molar refractivity (Wildman–Crippen MR) is 323 cm³/mol. The average Bonchev–Trinajstić information content (AvgIpc) is 3.42. The molecule has 1 rings (SSSR count). The summed E-state index contributed by atoms with van der Waals surface area (Å²) in [6, 6.07) is -0.805. The second-order valence-electron chi connectivity index (χ2n) is 23.3. The first-order valence-corrected chi connectivity index (χ1v) is 33.2. The van der Waals surface area contributed by atoms with Crippen LogP contribution in [0.1, 0.15) is 328 Å². The summed E-state index contributed by atoms with van der Waals surface area (Å²) < 4.78 is 11.3. The van der Waals surface area contributed by atoms with E-state index in [0.717, 1.165) is 44.9 Å². The number of allylic oxidation sites excluding steroid dienone is 5. The first kappa shape index (κ1) is 72.4. The highest BCUT2D eigenvalue weighted by molar-refractivity contribution is 5.76. The minimum absolute atomic E-state index is 0.172. The Labute approximate surface area is 470 Å². The molecule has 7 atom stereocenters. The van der Waals surface area contributed by atoms with E-state index in [9.17, 15) is 30.3 Å². The van der Waals surface area contributed by atoms with E-state index in [-0.39, 0.29) is 12.5 Å². The lowest BCUT2D eigenvalue weighted by atomic mass is 9.99. The van der Waals surface area contributed by atoms with Crippen molar-refractivity contribution in [3.63, 3.8) is 0 Å². The maximum absolute atomic E-state index is 13.1. The molecule has 0 aromatic rings. The van der Waals surface area contributed by atoms with Gasteiger partial charge in [0.25, 0.3) is 0 Å². The fourth-order valence-corrected chi connectivity index (χ4v) is 10.7. The Hall–Kier alpha value is -1.59. The maximum atomic E-state index is 13.1. The summed E-state index contributed by atoms with van der Waals surface area (Å²) >= 11 is 0. The molecular weight excluding hydrogens is 947 g/mol. The molecule has 9 heteroatoms. The highest BCUT2D eigenvalue weighted by atomic mass is 16.7. The van der Waals surface area contributed by atoms with Gasteiger partial charge in [-0.05, 0) is 51.4 Å². The van der Waals surface area contributed by atoms with E-state index in [4.69, 9.17) is 9.47 Å². The van der Waals surface area contributed by atoms with Crippen LogP contribution in [0.5, 0.6) is 0 Å². The molecule has 0 aromatic heterocycles. The fraction of sp³-hybridized carbons (Fsp3) is 0.896. The van der Waals surface area contributed by atoms with Crippen molar-refractivity contribution < 1.29 is 39.8 Å². The van der Waals surface area contributed by atoms with Crippen molar-refractivity contribution >= 4 is 5.91 Å². The number of aliphatic hydroxyl groups is 5. The fourth-order valence-electron chi connectivity index (χ4n) is 10.7.